The predicted molar refractivity (Wildman–Crippen MR) is 129 cm³/mol. The summed E-state index contributed by atoms with van der Waals surface area (Å²) in [7, 11) is -3.49. The first-order valence-corrected chi connectivity index (χ1v) is 13.3. The fourth-order valence-electron chi connectivity index (χ4n) is 4.93. The summed E-state index contributed by atoms with van der Waals surface area (Å²) in [4.78, 5) is 22.7. The molecule has 2 fully saturated rings. The van der Waals surface area contributed by atoms with Crippen LogP contribution in [0.4, 0.5) is 0 Å². The third-order valence-electron chi connectivity index (χ3n) is 6.93. The summed E-state index contributed by atoms with van der Waals surface area (Å²) in [6, 6.07) is 11.0. The Balaban J connectivity index is 1.13. The Labute approximate surface area is 200 Å². The van der Waals surface area contributed by atoms with Gasteiger partial charge in [0, 0.05) is 50.4 Å². The highest BCUT2D eigenvalue weighted by molar-refractivity contribution is 7.89. The lowest BCUT2D eigenvalue weighted by Gasteiger charge is -2.32. The summed E-state index contributed by atoms with van der Waals surface area (Å²) in [5.74, 6) is 0.590. The van der Waals surface area contributed by atoms with E-state index in [0.717, 1.165) is 37.1 Å². The number of fused-ring (bicyclic) bond motifs is 1. The molecule has 8 nitrogen and oxygen atoms in total. The van der Waals surface area contributed by atoms with E-state index >= 15 is 0 Å². The third kappa shape index (κ3) is 4.73. The quantitative estimate of drug-likeness (QED) is 0.583. The van der Waals surface area contributed by atoms with Crippen LogP contribution in [0.1, 0.15) is 36.3 Å². The number of amides is 1. The number of H-pyrrole nitrogens is 1. The number of morpholine rings is 1. The highest BCUT2D eigenvalue weighted by Crippen LogP contribution is 2.32. The Morgan fingerprint density at radius 3 is 2.53 bits per heavy atom. The molecule has 180 valence electrons. The zero-order valence-electron chi connectivity index (χ0n) is 19.2. The highest BCUT2D eigenvalue weighted by Gasteiger charge is 2.27. The summed E-state index contributed by atoms with van der Waals surface area (Å²) in [6.07, 6.45) is 6.77. The van der Waals surface area contributed by atoms with Crippen LogP contribution in [0, 0.1) is 0 Å². The number of ether oxygens (including phenoxy) is 1. The van der Waals surface area contributed by atoms with Crippen molar-refractivity contribution in [3.8, 4) is 0 Å². The van der Waals surface area contributed by atoms with Crippen molar-refractivity contribution in [1.82, 2.24) is 19.2 Å². The van der Waals surface area contributed by atoms with Crippen LogP contribution in [0.25, 0.3) is 11.0 Å². The molecular formula is C25H30N4O4S. The van der Waals surface area contributed by atoms with Gasteiger partial charge >= 0.3 is 0 Å². The van der Waals surface area contributed by atoms with Crippen LogP contribution in [0.15, 0.2) is 53.7 Å². The van der Waals surface area contributed by atoms with Gasteiger partial charge in [0.1, 0.15) is 5.65 Å². The Morgan fingerprint density at radius 2 is 1.79 bits per heavy atom. The van der Waals surface area contributed by atoms with Crippen molar-refractivity contribution in [3.63, 3.8) is 0 Å². The van der Waals surface area contributed by atoms with Gasteiger partial charge in [-0.2, -0.15) is 4.31 Å². The standard InChI is InChI=1S/C25H30N4O4S/c30-24(28-12-9-20(10-13-28)23-18-27-25-22(23)2-1-11-26-25)8-5-19-3-6-21(7-4-19)34(31,32)29-14-16-33-17-15-29/h1-4,6-7,11,18,20H,5,8-10,12-17H2,(H,26,27). The normalized spacial score (nSPS) is 18.4. The van der Waals surface area contributed by atoms with Crippen LogP contribution in [0.2, 0.25) is 0 Å². The monoisotopic (exact) mass is 482 g/mol. The lowest BCUT2D eigenvalue weighted by molar-refractivity contribution is -0.132. The van der Waals surface area contributed by atoms with Crippen molar-refractivity contribution in [1.29, 1.82) is 0 Å². The lowest BCUT2D eigenvalue weighted by Crippen LogP contribution is -2.40. The first-order valence-electron chi connectivity index (χ1n) is 11.9. The Bertz CT molecular complexity index is 1240. The second-order valence-corrected chi connectivity index (χ2v) is 10.9. The fourth-order valence-corrected chi connectivity index (χ4v) is 6.34. The molecule has 34 heavy (non-hydrogen) atoms. The maximum absolute atomic E-state index is 12.8. The van der Waals surface area contributed by atoms with Gasteiger partial charge in [0.05, 0.1) is 18.1 Å². The molecule has 1 amide bonds. The van der Waals surface area contributed by atoms with Crippen LogP contribution in [0.3, 0.4) is 0 Å². The van der Waals surface area contributed by atoms with Crippen molar-refractivity contribution in [2.75, 3.05) is 39.4 Å². The number of aromatic amines is 1. The van der Waals surface area contributed by atoms with Gasteiger partial charge in [0.25, 0.3) is 0 Å². The van der Waals surface area contributed by atoms with Crippen LogP contribution < -0.4 is 0 Å². The molecule has 9 heteroatoms. The number of likely N-dealkylation sites (tertiary alicyclic amines) is 1. The van der Waals surface area contributed by atoms with Crippen LogP contribution in [0.5, 0.6) is 0 Å². The molecule has 4 heterocycles. The van der Waals surface area contributed by atoms with Crippen molar-refractivity contribution in [2.45, 2.75) is 36.5 Å². The third-order valence-corrected chi connectivity index (χ3v) is 8.84. The summed E-state index contributed by atoms with van der Waals surface area (Å²) in [5, 5.41) is 1.17. The van der Waals surface area contributed by atoms with Crippen LogP contribution in [-0.2, 0) is 26.0 Å². The minimum Gasteiger partial charge on any atom is -0.379 e. The molecule has 2 aromatic heterocycles. The van der Waals surface area contributed by atoms with Crippen molar-refractivity contribution < 1.29 is 17.9 Å². The zero-order chi connectivity index (χ0) is 23.5. The Kier molecular flexibility index (Phi) is 6.67. The molecule has 0 unspecified atom stereocenters. The number of aryl methyl sites for hydroxylation is 1. The average Bonchev–Trinajstić information content (AvgIpc) is 3.32. The minimum atomic E-state index is -3.49. The molecule has 2 aliphatic heterocycles. The topological polar surface area (TPSA) is 95.6 Å². The molecule has 1 aromatic carbocycles. The molecule has 0 saturated carbocycles. The van der Waals surface area contributed by atoms with Gasteiger partial charge in [-0.1, -0.05) is 12.1 Å². The number of aromatic nitrogens is 2. The van der Waals surface area contributed by atoms with Crippen molar-refractivity contribution in [3.05, 3.63) is 59.9 Å². The second-order valence-electron chi connectivity index (χ2n) is 8.96. The van der Waals surface area contributed by atoms with E-state index in [2.05, 4.69) is 22.2 Å². The molecule has 5 rings (SSSR count). The highest BCUT2D eigenvalue weighted by atomic mass is 32.2. The number of nitrogens with one attached hydrogen (secondary N) is 1. The molecule has 0 bridgehead atoms. The minimum absolute atomic E-state index is 0.157. The van der Waals surface area contributed by atoms with Gasteiger partial charge in [0.15, 0.2) is 0 Å². The molecule has 2 saturated heterocycles. The molecule has 1 N–H and O–H groups in total. The van der Waals surface area contributed by atoms with E-state index in [-0.39, 0.29) is 5.91 Å². The van der Waals surface area contributed by atoms with Gasteiger partial charge < -0.3 is 14.6 Å². The van der Waals surface area contributed by atoms with Gasteiger partial charge in [0.2, 0.25) is 15.9 Å². The number of sulfonamides is 1. The fraction of sp³-hybridized carbons (Fsp3) is 0.440. The zero-order valence-corrected chi connectivity index (χ0v) is 20.0. The number of benzene rings is 1. The van der Waals surface area contributed by atoms with Crippen LogP contribution in [-0.4, -0.2) is 72.9 Å². The largest absolute Gasteiger partial charge is 0.379 e. The first-order chi connectivity index (χ1) is 16.5. The van der Waals surface area contributed by atoms with Crippen molar-refractivity contribution in [2.24, 2.45) is 0 Å². The smallest absolute Gasteiger partial charge is 0.243 e. The number of piperidine rings is 1. The summed E-state index contributed by atoms with van der Waals surface area (Å²) < 4.78 is 32.2. The van der Waals surface area contributed by atoms with Gasteiger partial charge in [-0.05, 0) is 60.6 Å². The van der Waals surface area contributed by atoms with Gasteiger partial charge in [-0.25, -0.2) is 13.4 Å². The number of nitrogens with zero attached hydrogens (tertiary/aromatic N) is 3. The maximum atomic E-state index is 12.8. The van der Waals surface area contributed by atoms with Gasteiger partial charge in [-0.3, -0.25) is 4.79 Å². The van der Waals surface area contributed by atoms with Gasteiger partial charge in [-0.15, -0.1) is 0 Å². The molecule has 2 aliphatic rings. The van der Waals surface area contributed by atoms with E-state index in [9.17, 15) is 13.2 Å². The molecule has 0 spiro atoms. The Morgan fingerprint density at radius 1 is 1.06 bits per heavy atom. The average molecular weight is 483 g/mol. The molecule has 0 aliphatic carbocycles. The summed E-state index contributed by atoms with van der Waals surface area (Å²) in [5.41, 5.74) is 3.18. The summed E-state index contributed by atoms with van der Waals surface area (Å²) in [6.45, 7) is 3.13. The number of hydrogen-bond acceptors (Lipinski definition) is 5. The van der Waals surface area contributed by atoms with E-state index in [0.29, 0.717) is 50.0 Å². The van der Waals surface area contributed by atoms with E-state index in [1.165, 1.54) is 15.3 Å². The Hall–Kier alpha value is -2.75. The summed E-state index contributed by atoms with van der Waals surface area (Å²) >= 11 is 0. The number of hydrogen-bond donors (Lipinski definition) is 1. The van der Waals surface area contributed by atoms with E-state index in [1.54, 1.807) is 18.3 Å². The maximum Gasteiger partial charge on any atom is 0.243 e. The van der Waals surface area contributed by atoms with Crippen molar-refractivity contribution >= 4 is 27.0 Å². The van der Waals surface area contributed by atoms with E-state index < -0.39 is 10.0 Å². The molecular weight excluding hydrogens is 452 g/mol. The molecule has 0 radical (unpaired) electrons. The number of carbonyl (C=O) groups is 1. The number of rotatable bonds is 6. The second kappa shape index (κ2) is 9.85. The predicted octanol–water partition coefficient (Wildman–Crippen LogP) is 2.92. The van der Waals surface area contributed by atoms with Crippen LogP contribution >= 0.6 is 0 Å². The molecule has 0 atom stereocenters. The number of carbonyl (C=O) groups excluding carboxylic acids is 1. The first kappa shape index (κ1) is 23.0. The lowest BCUT2D eigenvalue weighted by atomic mass is 9.89. The number of pyridine rings is 1. The SMILES string of the molecule is O=C(CCc1ccc(S(=O)(=O)N2CCOCC2)cc1)N1CCC(c2c[nH]c3ncccc23)CC1. The molecule has 3 aromatic rings. The van der Waals surface area contributed by atoms with E-state index in [4.69, 9.17) is 4.74 Å². The van der Waals surface area contributed by atoms with E-state index in [1.807, 2.05) is 23.1 Å².